The van der Waals surface area contributed by atoms with Crippen LogP contribution < -0.4 is 5.32 Å². The molecule has 0 saturated heterocycles. The molecule has 18 heavy (non-hydrogen) atoms. The Hall–Kier alpha value is -0.800. The maximum atomic E-state index is 12.0. The maximum Gasteiger partial charge on any atom is 0.253 e. The Morgan fingerprint density at radius 2 is 2.11 bits per heavy atom. The summed E-state index contributed by atoms with van der Waals surface area (Å²) in [5, 5.41) is 3.50. The van der Waals surface area contributed by atoms with Gasteiger partial charge < -0.3 is 5.32 Å². The molecule has 2 unspecified atom stereocenters. The summed E-state index contributed by atoms with van der Waals surface area (Å²) in [5.74, 6) is 0.372. The molecule has 1 aromatic rings. The first-order chi connectivity index (χ1) is 8.43. The molecule has 1 amide bonds. The van der Waals surface area contributed by atoms with Crippen LogP contribution in [0.1, 0.15) is 44.0 Å². The van der Waals surface area contributed by atoms with E-state index in [0.717, 1.165) is 12.8 Å². The van der Waals surface area contributed by atoms with Crippen LogP contribution in [0.25, 0.3) is 0 Å². The highest BCUT2D eigenvalue weighted by Gasteiger charge is 2.15. The van der Waals surface area contributed by atoms with Crippen molar-refractivity contribution < 1.29 is 4.79 Å². The molecule has 1 heterocycles. The van der Waals surface area contributed by atoms with Crippen molar-refractivity contribution in [1.82, 2.24) is 10.3 Å². The molecule has 0 aliphatic heterocycles. The van der Waals surface area contributed by atoms with Crippen LogP contribution in [-0.2, 0) is 0 Å². The molecule has 100 valence electrons. The summed E-state index contributed by atoms with van der Waals surface area (Å²) in [6, 6.07) is 1.59. The van der Waals surface area contributed by atoms with Crippen molar-refractivity contribution in [3.8, 4) is 0 Å². The third-order valence-electron chi connectivity index (χ3n) is 2.90. The lowest BCUT2D eigenvalue weighted by atomic mass is 10.0. The van der Waals surface area contributed by atoms with Crippen molar-refractivity contribution in [2.24, 2.45) is 5.92 Å². The Morgan fingerprint density at radius 1 is 1.44 bits per heavy atom. The second-order valence-electron chi connectivity index (χ2n) is 4.61. The third-order valence-corrected chi connectivity index (χ3v) is 3.40. The number of nitrogens with zero attached hydrogens (tertiary/aromatic N) is 1. The first-order valence-corrected chi connectivity index (χ1v) is 6.81. The van der Waals surface area contributed by atoms with Gasteiger partial charge in [-0.15, -0.1) is 0 Å². The summed E-state index contributed by atoms with van der Waals surface area (Å²) in [6.07, 6.45) is 3.43. The maximum absolute atomic E-state index is 12.0. The zero-order chi connectivity index (χ0) is 13.7. The van der Waals surface area contributed by atoms with Gasteiger partial charge in [0.15, 0.2) is 0 Å². The molecule has 1 rings (SSSR count). The fourth-order valence-corrected chi connectivity index (χ4v) is 2.06. The van der Waals surface area contributed by atoms with Gasteiger partial charge in [0.05, 0.1) is 10.6 Å². The smallest absolute Gasteiger partial charge is 0.253 e. The fourth-order valence-electron chi connectivity index (χ4n) is 1.72. The van der Waals surface area contributed by atoms with Crippen molar-refractivity contribution in [3.63, 3.8) is 0 Å². The molecule has 0 radical (unpaired) electrons. The van der Waals surface area contributed by atoms with E-state index in [1.165, 1.54) is 12.3 Å². The van der Waals surface area contributed by atoms with Crippen molar-refractivity contribution in [1.29, 1.82) is 0 Å². The summed E-state index contributed by atoms with van der Waals surface area (Å²) in [6.45, 7) is 6.29. The molecule has 0 aliphatic rings. The van der Waals surface area contributed by atoms with Gasteiger partial charge in [0, 0.05) is 12.2 Å². The second kappa shape index (κ2) is 6.95. The number of hydrogen-bond donors (Lipinski definition) is 1. The number of halogens is 2. The standard InChI is InChI=1S/C13H18Cl2N2O/c1-4-8(2)5-9(3)17-13(18)10-6-12(15)16-7-11(10)14/h6-9H,4-5H2,1-3H3,(H,17,18). The highest BCUT2D eigenvalue weighted by Crippen LogP contribution is 2.18. The fraction of sp³-hybridized carbons (Fsp3) is 0.538. The van der Waals surface area contributed by atoms with Crippen LogP contribution in [-0.4, -0.2) is 16.9 Å². The number of hydrogen-bond acceptors (Lipinski definition) is 2. The van der Waals surface area contributed by atoms with Crippen LogP contribution in [0.5, 0.6) is 0 Å². The number of amides is 1. The number of carbonyl (C=O) groups excluding carboxylic acids is 1. The van der Waals surface area contributed by atoms with Crippen molar-refractivity contribution in [2.45, 2.75) is 39.7 Å². The Bertz CT molecular complexity index is 423. The Balaban J connectivity index is 2.67. The molecule has 0 bridgehead atoms. The molecule has 0 aliphatic carbocycles. The van der Waals surface area contributed by atoms with Crippen molar-refractivity contribution in [3.05, 3.63) is 28.0 Å². The van der Waals surface area contributed by atoms with Gasteiger partial charge >= 0.3 is 0 Å². The van der Waals surface area contributed by atoms with E-state index in [1.54, 1.807) is 0 Å². The largest absolute Gasteiger partial charge is 0.350 e. The van der Waals surface area contributed by atoms with Gasteiger partial charge in [0.1, 0.15) is 5.15 Å². The minimum absolute atomic E-state index is 0.107. The lowest BCUT2D eigenvalue weighted by Crippen LogP contribution is -2.33. The van der Waals surface area contributed by atoms with Crippen LogP contribution in [0, 0.1) is 5.92 Å². The van der Waals surface area contributed by atoms with Crippen LogP contribution in [0.3, 0.4) is 0 Å². The van der Waals surface area contributed by atoms with Crippen molar-refractivity contribution >= 4 is 29.1 Å². The van der Waals surface area contributed by atoms with Gasteiger partial charge in [-0.2, -0.15) is 0 Å². The molecule has 2 atom stereocenters. The average Bonchev–Trinajstić information content (AvgIpc) is 2.31. The van der Waals surface area contributed by atoms with E-state index in [1.807, 2.05) is 6.92 Å². The van der Waals surface area contributed by atoms with Gasteiger partial charge in [0.25, 0.3) is 5.91 Å². The minimum Gasteiger partial charge on any atom is -0.350 e. The van der Waals surface area contributed by atoms with E-state index in [2.05, 4.69) is 24.1 Å². The number of rotatable bonds is 5. The zero-order valence-corrected chi connectivity index (χ0v) is 12.3. The lowest BCUT2D eigenvalue weighted by molar-refractivity contribution is 0.0935. The zero-order valence-electron chi connectivity index (χ0n) is 10.8. The summed E-state index contributed by atoms with van der Waals surface area (Å²) >= 11 is 11.7. The minimum atomic E-state index is -0.208. The Kier molecular flexibility index (Phi) is 5.89. The van der Waals surface area contributed by atoms with Crippen LogP contribution in [0.4, 0.5) is 0 Å². The number of pyridine rings is 1. The molecule has 5 heteroatoms. The predicted octanol–water partition coefficient (Wildman–Crippen LogP) is 3.94. The molecule has 0 fully saturated rings. The van der Waals surface area contributed by atoms with Gasteiger partial charge in [0.2, 0.25) is 0 Å². The summed E-state index contributed by atoms with van der Waals surface area (Å²) in [7, 11) is 0. The highest BCUT2D eigenvalue weighted by atomic mass is 35.5. The highest BCUT2D eigenvalue weighted by molar-refractivity contribution is 6.35. The van der Waals surface area contributed by atoms with Crippen LogP contribution >= 0.6 is 23.2 Å². The molecule has 0 aromatic carbocycles. The monoisotopic (exact) mass is 288 g/mol. The number of aromatic nitrogens is 1. The molecular weight excluding hydrogens is 271 g/mol. The van der Waals surface area contributed by atoms with E-state index in [4.69, 9.17) is 23.2 Å². The van der Waals surface area contributed by atoms with E-state index < -0.39 is 0 Å². The van der Waals surface area contributed by atoms with Gasteiger partial charge in [-0.1, -0.05) is 43.5 Å². The lowest BCUT2D eigenvalue weighted by Gasteiger charge is -2.17. The van der Waals surface area contributed by atoms with E-state index >= 15 is 0 Å². The molecule has 0 saturated carbocycles. The molecule has 1 N–H and O–H groups in total. The SMILES string of the molecule is CCC(C)CC(C)NC(=O)c1cc(Cl)ncc1Cl. The van der Waals surface area contributed by atoms with Gasteiger partial charge in [-0.25, -0.2) is 4.98 Å². The molecule has 3 nitrogen and oxygen atoms in total. The first kappa shape index (κ1) is 15.3. The predicted molar refractivity (Wildman–Crippen MR) is 75.3 cm³/mol. The normalized spacial score (nSPS) is 14.1. The average molecular weight is 289 g/mol. The Morgan fingerprint density at radius 3 is 2.72 bits per heavy atom. The van der Waals surface area contributed by atoms with E-state index in [-0.39, 0.29) is 17.1 Å². The van der Waals surface area contributed by atoms with Crippen LogP contribution in [0.2, 0.25) is 10.2 Å². The van der Waals surface area contributed by atoms with Crippen LogP contribution in [0.15, 0.2) is 12.3 Å². The number of nitrogens with one attached hydrogen (secondary N) is 1. The molecule has 1 aromatic heterocycles. The first-order valence-electron chi connectivity index (χ1n) is 6.06. The van der Waals surface area contributed by atoms with E-state index in [9.17, 15) is 4.79 Å². The third kappa shape index (κ3) is 4.46. The van der Waals surface area contributed by atoms with E-state index in [0.29, 0.717) is 16.5 Å². The molecule has 0 spiro atoms. The van der Waals surface area contributed by atoms with Crippen molar-refractivity contribution in [2.75, 3.05) is 0 Å². The second-order valence-corrected chi connectivity index (χ2v) is 5.40. The summed E-state index contributed by atoms with van der Waals surface area (Å²) in [4.78, 5) is 15.8. The summed E-state index contributed by atoms with van der Waals surface area (Å²) < 4.78 is 0. The Labute approximate surface area is 118 Å². The topological polar surface area (TPSA) is 42.0 Å². The quantitative estimate of drug-likeness (QED) is 0.834. The number of carbonyl (C=O) groups is 1. The summed E-state index contributed by atoms with van der Waals surface area (Å²) in [5.41, 5.74) is 0.368. The van der Waals surface area contributed by atoms with Gasteiger partial charge in [-0.05, 0) is 25.3 Å². The van der Waals surface area contributed by atoms with Gasteiger partial charge in [-0.3, -0.25) is 4.79 Å². The molecular formula is C13H18Cl2N2O.